The molecule has 0 heterocycles. The number of nitriles is 2. The summed E-state index contributed by atoms with van der Waals surface area (Å²) in [4.78, 5) is 0. The molecule has 0 saturated heterocycles. The Morgan fingerprint density at radius 3 is 2.11 bits per heavy atom. The second-order valence-electron chi connectivity index (χ2n) is 3.44. The maximum absolute atomic E-state index is 12.7. The van der Waals surface area contributed by atoms with Gasteiger partial charge in [-0.15, -0.1) is 0 Å². The van der Waals surface area contributed by atoms with E-state index in [-0.39, 0.29) is 5.56 Å². The first-order valence-electron chi connectivity index (χ1n) is 5.40. The van der Waals surface area contributed by atoms with Crippen molar-refractivity contribution < 1.29 is 9.13 Å². The highest BCUT2D eigenvalue weighted by molar-refractivity contribution is 5.36. The highest BCUT2D eigenvalue weighted by atomic mass is 19.1. The summed E-state index contributed by atoms with van der Waals surface area (Å²) in [7, 11) is 1.45. The van der Waals surface area contributed by atoms with Crippen LogP contribution in [0.1, 0.15) is 11.1 Å². The fourth-order valence-corrected chi connectivity index (χ4v) is 1.23. The van der Waals surface area contributed by atoms with Gasteiger partial charge in [0.15, 0.2) is 0 Å². The average molecular weight is 254 g/mol. The van der Waals surface area contributed by atoms with Crippen LogP contribution in [0.5, 0.6) is 5.75 Å². The zero-order valence-corrected chi connectivity index (χ0v) is 10.3. The smallest absolute Gasteiger partial charge is 0.144 e. The number of ether oxygens (including phenoxy) is 1. The van der Waals surface area contributed by atoms with Crippen LogP contribution < -0.4 is 4.74 Å². The van der Waals surface area contributed by atoms with E-state index in [2.05, 4.69) is 0 Å². The van der Waals surface area contributed by atoms with Crippen LogP contribution >= 0.6 is 0 Å². The first-order chi connectivity index (χ1) is 9.21. The van der Waals surface area contributed by atoms with Gasteiger partial charge in [-0.1, -0.05) is 18.2 Å². The number of methoxy groups -OCH3 is 1. The summed E-state index contributed by atoms with van der Waals surface area (Å²) < 4.78 is 17.5. The van der Waals surface area contributed by atoms with Crippen LogP contribution in [0.15, 0.2) is 48.5 Å². The molecule has 0 amide bonds. The Bertz CT molecular complexity index is 612. The van der Waals surface area contributed by atoms with Gasteiger partial charge in [0.05, 0.1) is 24.3 Å². The molecule has 0 unspecified atom stereocenters. The number of halogens is 1. The zero-order valence-electron chi connectivity index (χ0n) is 10.3. The molecule has 0 radical (unpaired) electrons. The lowest BCUT2D eigenvalue weighted by molar-refractivity contribution is 0.411. The van der Waals surface area contributed by atoms with E-state index in [1.165, 1.54) is 19.2 Å². The van der Waals surface area contributed by atoms with Gasteiger partial charge in [-0.2, -0.15) is 10.5 Å². The third kappa shape index (κ3) is 4.49. The topological polar surface area (TPSA) is 56.8 Å². The van der Waals surface area contributed by atoms with E-state index in [0.717, 1.165) is 0 Å². The average Bonchev–Trinajstić information content (AvgIpc) is 2.48. The quantitative estimate of drug-likeness (QED) is 0.784. The zero-order chi connectivity index (χ0) is 14.1. The molecular weight excluding hydrogens is 243 g/mol. The maximum Gasteiger partial charge on any atom is 0.144 e. The minimum Gasteiger partial charge on any atom is -0.497 e. The van der Waals surface area contributed by atoms with Crippen LogP contribution in [0.3, 0.4) is 0 Å². The molecule has 2 aromatic rings. The Morgan fingerprint density at radius 1 is 1.00 bits per heavy atom. The van der Waals surface area contributed by atoms with Crippen molar-refractivity contribution in [2.45, 2.75) is 0 Å². The van der Waals surface area contributed by atoms with Crippen LogP contribution in [0.4, 0.5) is 4.39 Å². The van der Waals surface area contributed by atoms with Crippen LogP contribution in [-0.4, -0.2) is 7.11 Å². The number of benzene rings is 2. The minimum atomic E-state index is -0.549. The van der Waals surface area contributed by atoms with E-state index < -0.39 is 5.82 Å². The number of nitrogens with zero attached hydrogens (tertiary/aromatic N) is 2. The molecule has 0 aromatic heterocycles. The molecule has 0 atom stereocenters. The van der Waals surface area contributed by atoms with Gasteiger partial charge in [-0.05, 0) is 24.3 Å². The molecule has 19 heavy (non-hydrogen) atoms. The van der Waals surface area contributed by atoms with Gasteiger partial charge in [0.1, 0.15) is 17.6 Å². The van der Waals surface area contributed by atoms with Crippen molar-refractivity contribution in [3.8, 4) is 17.9 Å². The third-order valence-electron chi connectivity index (χ3n) is 2.20. The monoisotopic (exact) mass is 254 g/mol. The largest absolute Gasteiger partial charge is 0.497 e. The van der Waals surface area contributed by atoms with E-state index in [0.29, 0.717) is 11.3 Å². The Labute approximate surface area is 111 Å². The van der Waals surface area contributed by atoms with E-state index in [1.54, 1.807) is 24.3 Å². The SMILES string of the molecule is COc1ccc(C#N)c(F)c1.N#Cc1ccccc1. The second kappa shape index (κ2) is 7.47. The van der Waals surface area contributed by atoms with Crippen molar-refractivity contribution >= 4 is 0 Å². The van der Waals surface area contributed by atoms with E-state index in [1.807, 2.05) is 24.3 Å². The van der Waals surface area contributed by atoms with Crippen LogP contribution in [0, 0.1) is 28.5 Å². The third-order valence-corrected chi connectivity index (χ3v) is 2.20. The molecule has 2 rings (SSSR count). The summed E-state index contributed by atoms with van der Waals surface area (Å²) in [6, 6.07) is 17.0. The summed E-state index contributed by atoms with van der Waals surface area (Å²) in [5, 5.41) is 16.6. The molecular formula is C15H11FN2O. The molecule has 4 heteroatoms. The summed E-state index contributed by atoms with van der Waals surface area (Å²) in [6.07, 6.45) is 0. The van der Waals surface area contributed by atoms with Gasteiger partial charge < -0.3 is 4.74 Å². The molecule has 94 valence electrons. The van der Waals surface area contributed by atoms with Crippen molar-refractivity contribution in [2.24, 2.45) is 0 Å². The van der Waals surface area contributed by atoms with Crippen LogP contribution in [-0.2, 0) is 0 Å². The normalized spacial score (nSPS) is 8.42. The fraction of sp³-hybridized carbons (Fsp3) is 0.0667. The Hall–Kier alpha value is -2.85. The van der Waals surface area contributed by atoms with Crippen molar-refractivity contribution in [3.05, 3.63) is 65.5 Å². The van der Waals surface area contributed by atoms with Crippen LogP contribution in [0.2, 0.25) is 0 Å². The standard InChI is InChI=1S/C8H6FNO.C7H5N/c1-11-7-3-2-6(5-10)8(9)4-7;8-6-7-4-2-1-3-5-7/h2-4H,1H3;1-5H. The highest BCUT2D eigenvalue weighted by Gasteiger charge is 2.01. The van der Waals surface area contributed by atoms with Crippen molar-refractivity contribution in [3.63, 3.8) is 0 Å². The molecule has 0 N–H and O–H groups in total. The molecule has 0 aliphatic heterocycles. The molecule has 0 aliphatic carbocycles. The molecule has 0 spiro atoms. The maximum atomic E-state index is 12.7. The van der Waals surface area contributed by atoms with Gasteiger partial charge in [-0.25, -0.2) is 4.39 Å². The van der Waals surface area contributed by atoms with Gasteiger partial charge >= 0.3 is 0 Å². The first kappa shape index (κ1) is 14.2. The summed E-state index contributed by atoms with van der Waals surface area (Å²) >= 11 is 0. The van der Waals surface area contributed by atoms with E-state index in [9.17, 15) is 4.39 Å². The van der Waals surface area contributed by atoms with E-state index >= 15 is 0 Å². The Morgan fingerprint density at radius 2 is 1.68 bits per heavy atom. The number of rotatable bonds is 1. The van der Waals surface area contributed by atoms with Crippen molar-refractivity contribution in [1.29, 1.82) is 10.5 Å². The lowest BCUT2D eigenvalue weighted by Gasteiger charge is -1.98. The molecule has 0 aliphatic rings. The molecule has 2 aromatic carbocycles. The molecule has 0 fully saturated rings. The van der Waals surface area contributed by atoms with Gasteiger partial charge in [0.25, 0.3) is 0 Å². The van der Waals surface area contributed by atoms with Gasteiger partial charge in [-0.3, -0.25) is 0 Å². The summed E-state index contributed by atoms with van der Waals surface area (Å²) in [5.41, 5.74) is 0.748. The number of hydrogen-bond donors (Lipinski definition) is 0. The summed E-state index contributed by atoms with van der Waals surface area (Å²) in [5.74, 6) is -0.131. The Balaban J connectivity index is 0.000000200. The number of hydrogen-bond acceptors (Lipinski definition) is 3. The van der Waals surface area contributed by atoms with Gasteiger partial charge in [0, 0.05) is 6.07 Å². The van der Waals surface area contributed by atoms with Crippen molar-refractivity contribution in [1.82, 2.24) is 0 Å². The van der Waals surface area contributed by atoms with E-state index in [4.69, 9.17) is 15.3 Å². The minimum absolute atomic E-state index is 0.0331. The summed E-state index contributed by atoms with van der Waals surface area (Å²) in [6.45, 7) is 0. The van der Waals surface area contributed by atoms with Crippen molar-refractivity contribution in [2.75, 3.05) is 7.11 Å². The molecule has 0 saturated carbocycles. The van der Waals surface area contributed by atoms with Gasteiger partial charge in [0.2, 0.25) is 0 Å². The first-order valence-corrected chi connectivity index (χ1v) is 5.40. The second-order valence-corrected chi connectivity index (χ2v) is 3.44. The predicted molar refractivity (Wildman–Crippen MR) is 68.8 cm³/mol. The fourth-order valence-electron chi connectivity index (χ4n) is 1.23. The lowest BCUT2D eigenvalue weighted by atomic mass is 10.2. The molecule has 0 bridgehead atoms. The Kier molecular flexibility index (Phi) is 5.59. The molecule has 3 nitrogen and oxygen atoms in total. The highest BCUT2D eigenvalue weighted by Crippen LogP contribution is 2.14. The predicted octanol–water partition coefficient (Wildman–Crippen LogP) is 3.26. The lowest BCUT2D eigenvalue weighted by Crippen LogP contribution is -1.86. The van der Waals surface area contributed by atoms with Crippen LogP contribution in [0.25, 0.3) is 0 Å².